The monoisotopic (exact) mass is 322 g/mol. The van der Waals surface area contributed by atoms with Crippen LogP contribution in [-0.4, -0.2) is 35.8 Å². The zero-order chi connectivity index (χ0) is 16.4. The van der Waals surface area contributed by atoms with Gasteiger partial charge in [-0.2, -0.15) is 0 Å². The molecule has 0 saturated heterocycles. The Balaban J connectivity index is 1.50. The first-order valence-corrected chi connectivity index (χ1v) is 8.44. The molecule has 0 unspecified atom stereocenters. The van der Waals surface area contributed by atoms with Gasteiger partial charge in [0, 0.05) is 37.7 Å². The number of fused-ring (bicyclic) bond motifs is 1. The molecule has 4 heterocycles. The standard InChI is InChI=1S/C18H22N6/c1-15-6-4-7-16(19-15)12-23-10-5-11-24-17(20-21-18(24)14-23)13-22-8-2-3-9-22/h2-4,6-9H,5,10-14H2,1H3. The summed E-state index contributed by atoms with van der Waals surface area (Å²) < 4.78 is 4.42. The average Bonchev–Trinajstić information content (AvgIpc) is 3.15. The van der Waals surface area contributed by atoms with Crippen LogP contribution < -0.4 is 0 Å². The van der Waals surface area contributed by atoms with Gasteiger partial charge in [-0.3, -0.25) is 9.88 Å². The molecule has 24 heavy (non-hydrogen) atoms. The van der Waals surface area contributed by atoms with Crippen molar-refractivity contribution < 1.29 is 0 Å². The maximum Gasteiger partial charge on any atom is 0.153 e. The fourth-order valence-electron chi connectivity index (χ4n) is 3.29. The van der Waals surface area contributed by atoms with Crippen molar-refractivity contribution in [2.45, 2.75) is 39.5 Å². The summed E-state index contributed by atoms with van der Waals surface area (Å²) in [6.07, 6.45) is 5.23. The Labute approximate surface area is 141 Å². The molecule has 0 spiro atoms. The zero-order valence-electron chi connectivity index (χ0n) is 14.0. The summed E-state index contributed by atoms with van der Waals surface area (Å²) in [5.41, 5.74) is 2.19. The fourth-order valence-corrected chi connectivity index (χ4v) is 3.29. The molecule has 4 rings (SSSR count). The Morgan fingerprint density at radius 2 is 1.88 bits per heavy atom. The topological polar surface area (TPSA) is 51.8 Å². The van der Waals surface area contributed by atoms with E-state index in [4.69, 9.17) is 0 Å². The minimum absolute atomic E-state index is 0.777. The Morgan fingerprint density at radius 1 is 1.00 bits per heavy atom. The second-order valence-corrected chi connectivity index (χ2v) is 6.37. The third-order valence-electron chi connectivity index (χ3n) is 4.45. The molecule has 3 aromatic rings. The molecule has 0 fully saturated rings. The zero-order valence-corrected chi connectivity index (χ0v) is 14.0. The average molecular weight is 322 g/mol. The molecule has 6 nitrogen and oxygen atoms in total. The molecule has 0 amide bonds. The van der Waals surface area contributed by atoms with Crippen molar-refractivity contribution >= 4 is 0 Å². The van der Waals surface area contributed by atoms with Gasteiger partial charge in [0.05, 0.1) is 18.8 Å². The SMILES string of the molecule is Cc1cccc(CN2CCCn3c(nnc3Cn3cccc3)C2)n1. The Hall–Kier alpha value is -2.47. The van der Waals surface area contributed by atoms with E-state index in [-0.39, 0.29) is 0 Å². The van der Waals surface area contributed by atoms with Crippen LogP contribution in [0, 0.1) is 6.92 Å². The first kappa shape index (κ1) is 15.1. The summed E-state index contributed by atoms with van der Waals surface area (Å²) in [5.74, 6) is 2.10. The van der Waals surface area contributed by atoms with Crippen LogP contribution >= 0.6 is 0 Å². The molecule has 0 aromatic carbocycles. The van der Waals surface area contributed by atoms with E-state index in [9.17, 15) is 0 Å². The lowest BCUT2D eigenvalue weighted by Crippen LogP contribution is -2.23. The van der Waals surface area contributed by atoms with E-state index in [1.54, 1.807) is 0 Å². The molecular weight excluding hydrogens is 300 g/mol. The summed E-state index contributed by atoms with van der Waals surface area (Å²) in [5, 5.41) is 8.86. The Kier molecular flexibility index (Phi) is 4.13. The van der Waals surface area contributed by atoms with Gasteiger partial charge in [0.2, 0.25) is 0 Å². The third-order valence-corrected chi connectivity index (χ3v) is 4.45. The van der Waals surface area contributed by atoms with Crippen LogP contribution in [0.5, 0.6) is 0 Å². The number of aryl methyl sites for hydroxylation is 1. The highest BCUT2D eigenvalue weighted by atomic mass is 15.3. The molecule has 6 heteroatoms. The van der Waals surface area contributed by atoms with E-state index in [0.29, 0.717) is 0 Å². The normalized spacial score (nSPS) is 15.2. The molecule has 0 radical (unpaired) electrons. The van der Waals surface area contributed by atoms with Gasteiger partial charge in [-0.25, -0.2) is 0 Å². The van der Waals surface area contributed by atoms with Crippen LogP contribution in [-0.2, 0) is 26.2 Å². The van der Waals surface area contributed by atoms with Crippen molar-refractivity contribution in [1.29, 1.82) is 0 Å². The summed E-state index contributed by atoms with van der Waals surface area (Å²) in [4.78, 5) is 7.03. The van der Waals surface area contributed by atoms with Crippen molar-refractivity contribution in [2.24, 2.45) is 0 Å². The Bertz CT molecular complexity index is 805. The molecule has 0 saturated carbocycles. The summed E-state index contributed by atoms with van der Waals surface area (Å²) in [6.45, 7) is 6.55. The van der Waals surface area contributed by atoms with Crippen LogP contribution in [0.3, 0.4) is 0 Å². The molecule has 1 aliphatic rings. The predicted octanol–water partition coefficient (Wildman–Crippen LogP) is 2.24. The predicted molar refractivity (Wildman–Crippen MR) is 91.3 cm³/mol. The van der Waals surface area contributed by atoms with Crippen molar-refractivity contribution in [3.8, 4) is 0 Å². The van der Waals surface area contributed by atoms with Crippen molar-refractivity contribution in [3.05, 3.63) is 65.8 Å². The van der Waals surface area contributed by atoms with Gasteiger partial charge in [-0.05, 0) is 37.6 Å². The van der Waals surface area contributed by atoms with Gasteiger partial charge in [0.1, 0.15) is 5.82 Å². The maximum atomic E-state index is 4.62. The van der Waals surface area contributed by atoms with Gasteiger partial charge in [-0.1, -0.05) is 6.07 Å². The van der Waals surface area contributed by atoms with E-state index >= 15 is 0 Å². The highest BCUT2D eigenvalue weighted by molar-refractivity contribution is 5.10. The van der Waals surface area contributed by atoms with Crippen LogP contribution in [0.4, 0.5) is 0 Å². The van der Waals surface area contributed by atoms with Crippen LogP contribution in [0.1, 0.15) is 29.5 Å². The van der Waals surface area contributed by atoms with Crippen LogP contribution in [0.25, 0.3) is 0 Å². The van der Waals surface area contributed by atoms with Gasteiger partial charge in [0.25, 0.3) is 0 Å². The molecule has 0 N–H and O–H groups in total. The second-order valence-electron chi connectivity index (χ2n) is 6.37. The van der Waals surface area contributed by atoms with E-state index in [1.165, 1.54) is 0 Å². The molecule has 0 bridgehead atoms. The minimum atomic E-state index is 0.777. The summed E-state index contributed by atoms with van der Waals surface area (Å²) in [7, 11) is 0. The van der Waals surface area contributed by atoms with Crippen molar-refractivity contribution in [1.82, 2.24) is 29.2 Å². The van der Waals surface area contributed by atoms with Gasteiger partial charge >= 0.3 is 0 Å². The number of aromatic nitrogens is 5. The lowest BCUT2D eigenvalue weighted by molar-refractivity contribution is 0.254. The second kappa shape index (κ2) is 6.57. The number of hydrogen-bond donors (Lipinski definition) is 0. The lowest BCUT2D eigenvalue weighted by Gasteiger charge is -2.18. The maximum absolute atomic E-state index is 4.62. The van der Waals surface area contributed by atoms with Crippen molar-refractivity contribution in [3.63, 3.8) is 0 Å². The van der Waals surface area contributed by atoms with Crippen LogP contribution in [0.2, 0.25) is 0 Å². The van der Waals surface area contributed by atoms with Gasteiger partial charge in [0.15, 0.2) is 5.82 Å². The third kappa shape index (κ3) is 3.23. The van der Waals surface area contributed by atoms with E-state index in [2.05, 4.69) is 53.7 Å². The smallest absolute Gasteiger partial charge is 0.153 e. The number of rotatable bonds is 4. The quantitative estimate of drug-likeness (QED) is 0.739. The molecule has 1 aliphatic heterocycles. The number of hydrogen-bond acceptors (Lipinski definition) is 4. The van der Waals surface area contributed by atoms with E-state index in [1.807, 2.05) is 25.1 Å². The summed E-state index contributed by atoms with van der Waals surface area (Å²) in [6, 6.07) is 10.3. The molecule has 0 aliphatic carbocycles. The minimum Gasteiger partial charge on any atom is -0.347 e. The Morgan fingerprint density at radius 3 is 2.71 bits per heavy atom. The molecule has 124 valence electrons. The number of nitrogens with zero attached hydrogens (tertiary/aromatic N) is 6. The molecule has 0 atom stereocenters. The van der Waals surface area contributed by atoms with Gasteiger partial charge in [-0.15, -0.1) is 10.2 Å². The molecule has 3 aromatic heterocycles. The first-order chi connectivity index (χ1) is 11.8. The largest absolute Gasteiger partial charge is 0.347 e. The summed E-state index contributed by atoms with van der Waals surface area (Å²) >= 11 is 0. The highest BCUT2D eigenvalue weighted by Gasteiger charge is 2.19. The molecular formula is C18H22N6. The first-order valence-electron chi connectivity index (χ1n) is 8.44. The van der Waals surface area contributed by atoms with E-state index in [0.717, 1.165) is 62.2 Å². The van der Waals surface area contributed by atoms with Crippen LogP contribution in [0.15, 0.2) is 42.7 Å². The fraction of sp³-hybridized carbons (Fsp3) is 0.389. The highest BCUT2D eigenvalue weighted by Crippen LogP contribution is 2.15. The number of pyridine rings is 1. The van der Waals surface area contributed by atoms with Gasteiger partial charge < -0.3 is 9.13 Å². The van der Waals surface area contributed by atoms with E-state index < -0.39 is 0 Å². The lowest BCUT2D eigenvalue weighted by atomic mass is 10.3. The van der Waals surface area contributed by atoms with Crippen molar-refractivity contribution in [2.75, 3.05) is 6.54 Å².